The van der Waals surface area contributed by atoms with Crippen molar-refractivity contribution in [2.45, 2.75) is 19.3 Å². The molecule has 1 nitrogen and oxygen atoms in total. The minimum Gasteiger partial charge on any atom is -0.456 e. The fraction of sp³-hybridized carbons (Fsp3) is 0.0545. The second-order valence-corrected chi connectivity index (χ2v) is 16.0. The van der Waals surface area contributed by atoms with Crippen molar-refractivity contribution in [3.8, 4) is 44.5 Å². The number of fused-ring (bicyclic) bond motifs is 11. The summed E-state index contributed by atoms with van der Waals surface area (Å²) >= 11 is 0. The van der Waals surface area contributed by atoms with E-state index in [9.17, 15) is 0 Å². The molecule has 0 spiro atoms. The lowest BCUT2D eigenvalue weighted by Crippen LogP contribution is -2.14. The molecule has 1 heteroatoms. The van der Waals surface area contributed by atoms with Gasteiger partial charge in [-0.3, -0.25) is 0 Å². The Morgan fingerprint density at radius 1 is 0.339 bits per heavy atom. The molecule has 1 aliphatic rings. The average molecular weight is 713 g/mol. The number of para-hydroxylation sites is 1. The first kappa shape index (κ1) is 31.4. The first-order valence-electron chi connectivity index (χ1n) is 19.6. The number of rotatable bonds is 3. The molecule has 12 rings (SSSR count). The van der Waals surface area contributed by atoms with Gasteiger partial charge in [0, 0.05) is 16.2 Å². The Hall–Kier alpha value is -6.96. The Morgan fingerprint density at radius 2 is 0.911 bits per heavy atom. The van der Waals surface area contributed by atoms with Crippen LogP contribution >= 0.6 is 0 Å². The monoisotopic (exact) mass is 712 g/mol. The van der Waals surface area contributed by atoms with Gasteiger partial charge in [0.05, 0.1) is 0 Å². The summed E-state index contributed by atoms with van der Waals surface area (Å²) in [4.78, 5) is 0. The normalized spacial score (nSPS) is 13.3. The van der Waals surface area contributed by atoms with Gasteiger partial charge in [0.25, 0.3) is 0 Å². The predicted octanol–water partition coefficient (Wildman–Crippen LogP) is 15.5. The summed E-state index contributed by atoms with van der Waals surface area (Å²) in [5.74, 6) is 0. The fourth-order valence-corrected chi connectivity index (χ4v) is 9.92. The quantitative estimate of drug-likeness (QED) is 0.166. The van der Waals surface area contributed by atoms with Crippen LogP contribution in [0.3, 0.4) is 0 Å². The smallest absolute Gasteiger partial charge is 0.136 e. The summed E-state index contributed by atoms with van der Waals surface area (Å²) in [7, 11) is 0. The Balaban J connectivity index is 1.02. The third kappa shape index (κ3) is 4.43. The Bertz CT molecular complexity index is 3390. The van der Waals surface area contributed by atoms with Gasteiger partial charge in [0.15, 0.2) is 0 Å². The Morgan fingerprint density at radius 3 is 1.66 bits per heavy atom. The van der Waals surface area contributed by atoms with Crippen LogP contribution in [0.1, 0.15) is 25.0 Å². The molecule has 0 bridgehead atoms. The second kappa shape index (κ2) is 11.5. The topological polar surface area (TPSA) is 13.1 Å². The van der Waals surface area contributed by atoms with Crippen LogP contribution in [-0.4, -0.2) is 0 Å². The van der Waals surface area contributed by atoms with E-state index in [1.165, 1.54) is 109 Å². The maximum Gasteiger partial charge on any atom is 0.136 e. The molecule has 11 aromatic rings. The first-order chi connectivity index (χ1) is 27.5. The van der Waals surface area contributed by atoms with Crippen molar-refractivity contribution in [2.24, 2.45) is 0 Å². The van der Waals surface area contributed by atoms with Crippen molar-refractivity contribution in [1.29, 1.82) is 0 Å². The highest BCUT2D eigenvalue weighted by atomic mass is 16.3. The molecule has 1 heterocycles. The summed E-state index contributed by atoms with van der Waals surface area (Å²) in [5, 5.41) is 12.5. The van der Waals surface area contributed by atoms with E-state index in [0.717, 1.165) is 11.2 Å². The van der Waals surface area contributed by atoms with Crippen LogP contribution in [0.25, 0.3) is 110 Å². The maximum absolute atomic E-state index is 6.29. The number of hydrogen-bond acceptors (Lipinski definition) is 1. The molecule has 0 unspecified atom stereocenters. The summed E-state index contributed by atoms with van der Waals surface area (Å²) in [6.45, 7) is 4.74. The molecule has 0 aliphatic heterocycles. The van der Waals surface area contributed by atoms with Crippen LogP contribution in [0.5, 0.6) is 0 Å². The van der Waals surface area contributed by atoms with E-state index < -0.39 is 0 Å². The van der Waals surface area contributed by atoms with E-state index in [4.69, 9.17) is 4.42 Å². The van der Waals surface area contributed by atoms with E-state index in [1.807, 2.05) is 6.07 Å². The Labute approximate surface area is 325 Å². The van der Waals surface area contributed by atoms with Gasteiger partial charge >= 0.3 is 0 Å². The highest BCUT2D eigenvalue weighted by molar-refractivity contribution is 6.22. The third-order valence-electron chi connectivity index (χ3n) is 12.6. The van der Waals surface area contributed by atoms with Crippen LogP contribution in [0, 0.1) is 0 Å². The van der Waals surface area contributed by atoms with Gasteiger partial charge < -0.3 is 4.42 Å². The van der Waals surface area contributed by atoms with Gasteiger partial charge in [-0.1, -0.05) is 153 Å². The van der Waals surface area contributed by atoms with Crippen LogP contribution in [0.15, 0.2) is 186 Å². The molecule has 0 N–H and O–H groups in total. The van der Waals surface area contributed by atoms with Gasteiger partial charge in [0.2, 0.25) is 0 Å². The number of furan rings is 1. The third-order valence-corrected chi connectivity index (χ3v) is 12.6. The summed E-state index contributed by atoms with van der Waals surface area (Å²) in [6.07, 6.45) is 0. The lowest BCUT2D eigenvalue weighted by Gasteiger charge is -2.22. The summed E-state index contributed by atoms with van der Waals surface area (Å²) in [6, 6.07) is 67.3. The van der Waals surface area contributed by atoms with Crippen LogP contribution < -0.4 is 0 Å². The highest BCUT2D eigenvalue weighted by Crippen LogP contribution is 2.52. The average Bonchev–Trinajstić information content (AvgIpc) is 3.73. The van der Waals surface area contributed by atoms with Gasteiger partial charge in [-0.25, -0.2) is 0 Å². The molecular formula is C55H36O. The molecule has 1 aromatic heterocycles. The SMILES string of the molecule is CC1(C)c2ccc(-c3cccc(-c4c5ccccc5c(-c5ccc6ccccc6c5)c5ccccc45)c3)cc2-c2cc3ccc4oc5ccccc5c4c3cc21. The molecule has 1 aliphatic carbocycles. The largest absolute Gasteiger partial charge is 0.456 e. The summed E-state index contributed by atoms with van der Waals surface area (Å²) in [5.41, 5.74) is 14.6. The lowest BCUT2D eigenvalue weighted by molar-refractivity contribution is 0.661. The van der Waals surface area contributed by atoms with Crippen molar-refractivity contribution >= 4 is 65.0 Å². The zero-order chi connectivity index (χ0) is 37.1. The lowest BCUT2D eigenvalue weighted by atomic mass is 9.81. The van der Waals surface area contributed by atoms with Crippen LogP contribution in [0.4, 0.5) is 0 Å². The predicted molar refractivity (Wildman–Crippen MR) is 238 cm³/mol. The van der Waals surface area contributed by atoms with Crippen molar-refractivity contribution in [2.75, 3.05) is 0 Å². The van der Waals surface area contributed by atoms with E-state index in [0.29, 0.717) is 0 Å². The summed E-state index contributed by atoms with van der Waals surface area (Å²) < 4.78 is 6.29. The highest BCUT2D eigenvalue weighted by Gasteiger charge is 2.36. The second-order valence-electron chi connectivity index (χ2n) is 16.0. The van der Waals surface area contributed by atoms with Gasteiger partial charge in [0.1, 0.15) is 11.2 Å². The van der Waals surface area contributed by atoms with Crippen molar-refractivity contribution in [3.05, 3.63) is 193 Å². The van der Waals surface area contributed by atoms with Gasteiger partial charge in [-0.05, 0) is 141 Å². The molecule has 0 saturated carbocycles. The molecule has 56 heavy (non-hydrogen) atoms. The maximum atomic E-state index is 6.29. The minimum atomic E-state index is -0.133. The molecule has 262 valence electrons. The molecule has 0 saturated heterocycles. The molecule has 0 radical (unpaired) electrons. The van der Waals surface area contributed by atoms with E-state index >= 15 is 0 Å². The van der Waals surface area contributed by atoms with Crippen molar-refractivity contribution in [1.82, 2.24) is 0 Å². The van der Waals surface area contributed by atoms with Crippen molar-refractivity contribution < 1.29 is 4.42 Å². The fourth-order valence-electron chi connectivity index (χ4n) is 9.92. The zero-order valence-electron chi connectivity index (χ0n) is 31.2. The molecule has 0 atom stereocenters. The molecule has 0 fully saturated rings. The van der Waals surface area contributed by atoms with E-state index in [-0.39, 0.29) is 5.41 Å². The van der Waals surface area contributed by atoms with Gasteiger partial charge in [-0.15, -0.1) is 0 Å². The van der Waals surface area contributed by atoms with Crippen LogP contribution in [0.2, 0.25) is 0 Å². The Kier molecular flexibility index (Phi) is 6.46. The standard InChI is InChI=1S/C55H36O/c1-55(2)48-26-24-36(30-46(48)47-31-37-25-27-51-54(45(37)32-49(47)55)44-20-9-10-21-50(44)56-51)35-14-11-15-38(29-35)52-40-16-5-7-18-42(40)53(43-19-8-6-17-41(43)52)39-23-22-33-12-3-4-13-34(33)28-39/h3-32H,1-2H3. The molecule has 10 aromatic carbocycles. The molecule has 0 amide bonds. The van der Waals surface area contributed by atoms with E-state index in [2.05, 4.69) is 190 Å². The van der Waals surface area contributed by atoms with Crippen molar-refractivity contribution in [3.63, 3.8) is 0 Å². The molecular weight excluding hydrogens is 677 g/mol. The van der Waals surface area contributed by atoms with Gasteiger partial charge in [-0.2, -0.15) is 0 Å². The number of benzene rings is 10. The van der Waals surface area contributed by atoms with Crippen LogP contribution in [-0.2, 0) is 5.41 Å². The van der Waals surface area contributed by atoms with E-state index in [1.54, 1.807) is 0 Å². The number of hydrogen-bond donors (Lipinski definition) is 0. The first-order valence-corrected chi connectivity index (χ1v) is 19.6. The minimum absolute atomic E-state index is 0.133. The zero-order valence-corrected chi connectivity index (χ0v) is 31.2.